The molecule has 1 unspecified atom stereocenters. The molecule has 0 radical (unpaired) electrons. The number of carbonyl (C=O) groups is 3. The molecule has 4 heterocycles. The number of esters is 1. The summed E-state index contributed by atoms with van der Waals surface area (Å²) in [5, 5.41) is 16.1. The normalized spacial score (nSPS) is 22.4. The molecule has 0 spiro atoms. The molecule has 3 aliphatic rings. The predicted molar refractivity (Wildman–Crippen MR) is 141 cm³/mol. The number of hydrogen-bond donors (Lipinski definition) is 3. The number of nitrogen functional groups attached to an aromatic ring is 1. The Morgan fingerprint density at radius 1 is 1.34 bits per heavy atom. The zero-order chi connectivity index (χ0) is 27.6. The minimum Gasteiger partial charge on any atom is -0.445 e. The summed E-state index contributed by atoms with van der Waals surface area (Å²) in [5.74, 6) is -1.36. The van der Waals surface area contributed by atoms with Crippen LogP contribution in [0.3, 0.4) is 0 Å². The second kappa shape index (κ2) is 11.5. The summed E-state index contributed by atoms with van der Waals surface area (Å²) in [7, 11) is 0. The molecule has 0 aliphatic carbocycles. The van der Waals surface area contributed by atoms with E-state index in [0.717, 1.165) is 17.8 Å². The van der Waals surface area contributed by atoms with Crippen molar-refractivity contribution in [2.75, 3.05) is 31.5 Å². The van der Waals surface area contributed by atoms with Crippen LogP contribution in [0.25, 0.3) is 0 Å². The number of nitrogens with one attached hydrogen (secondary N) is 1. The fraction of sp³-hybridized carbons (Fsp3) is 0.545. The number of hydrogen-bond acceptors (Lipinski definition) is 14. The highest BCUT2D eigenvalue weighted by Gasteiger charge is 2.55. The lowest BCUT2D eigenvalue weighted by molar-refractivity contribution is -0.161. The Labute approximate surface area is 231 Å². The van der Waals surface area contributed by atoms with E-state index in [1.54, 1.807) is 20.8 Å². The van der Waals surface area contributed by atoms with Crippen LogP contribution in [-0.2, 0) is 33.3 Å². The van der Waals surface area contributed by atoms with Gasteiger partial charge in [-0.2, -0.15) is 0 Å². The van der Waals surface area contributed by atoms with Gasteiger partial charge in [0.2, 0.25) is 11.8 Å². The second-order valence-electron chi connectivity index (χ2n) is 9.41. The molecule has 38 heavy (non-hydrogen) atoms. The van der Waals surface area contributed by atoms with Crippen LogP contribution in [0.2, 0.25) is 0 Å². The molecule has 2 fully saturated rings. The lowest BCUT2D eigenvalue weighted by Crippen LogP contribution is -2.71. The van der Waals surface area contributed by atoms with E-state index in [4.69, 9.17) is 36.9 Å². The van der Waals surface area contributed by atoms with Gasteiger partial charge in [-0.1, -0.05) is 5.16 Å². The Kier molecular flexibility index (Phi) is 8.56. The summed E-state index contributed by atoms with van der Waals surface area (Å²) in [6.45, 7) is 5.63. The number of nitrogens with zero attached hydrogens (tertiary/aromatic N) is 3. The van der Waals surface area contributed by atoms with E-state index in [2.05, 4.69) is 15.5 Å². The maximum absolute atomic E-state index is 13.3. The van der Waals surface area contributed by atoms with Gasteiger partial charge in [0, 0.05) is 16.7 Å². The molecule has 16 heteroatoms. The van der Waals surface area contributed by atoms with Crippen molar-refractivity contribution < 1.29 is 38.5 Å². The Hall–Kier alpha value is -2.79. The molecule has 13 nitrogen and oxygen atoms in total. The number of aromatic nitrogens is 1. The van der Waals surface area contributed by atoms with Crippen molar-refractivity contribution in [3.63, 3.8) is 0 Å². The number of oxime groups is 1. The summed E-state index contributed by atoms with van der Waals surface area (Å²) in [6.07, 6.45) is 0.00454. The molecule has 0 bridgehead atoms. The third-order valence-electron chi connectivity index (χ3n) is 5.66. The largest absolute Gasteiger partial charge is 0.445 e. The van der Waals surface area contributed by atoms with Crippen LogP contribution in [0.5, 0.6) is 0 Å². The molecule has 4 N–H and O–H groups in total. The van der Waals surface area contributed by atoms with Crippen LogP contribution in [-0.4, -0.2) is 87.1 Å². The van der Waals surface area contributed by atoms with Gasteiger partial charge >= 0.3 is 5.97 Å². The number of nitrogens with two attached hydrogens (primary N) is 1. The molecular weight excluding hydrogens is 558 g/mol. The van der Waals surface area contributed by atoms with Crippen LogP contribution in [0.4, 0.5) is 5.13 Å². The van der Waals surface area contributed by atoms with E-state index < -0.39 is 47.7 Å². The quantitative estimate of drug-likeness (QED) is 0.0795. The van der Waals surface area contributed by atoms with Crippen molar-refractivity contribution in [3.8, 4) is 0 Å². The van der Waals surface area contributed by atoms with E-state index in [1.807, 2.05) is 0 Å². The Morgan fingerprint density at radius 2 is 2.05 bits per heavy atom. The van der Waals surface area contributed by atoms with Gasteiger partial charge < -0.3 is 35.2 Å². The average molecular weight is 586 g/mol. The zero-order valence-electron chi connectivity index (χ0n) is 20.8. The van der Waals surface area contributed by atoms with Gasteiger partial charge in [0.05, 0.1) is 18.6 Å². The first-order chi connectivity index (χ1) is 18.0. The van der Waals surface area contributed by atoms with Crippen molar-refractivity contribution >= 4 is 69.0 Å². The molecule has 3 aliphatic heterocycles. The molecule has 1 aromatic rings. The molecule has 1 aromatic heterocycles. The van der Waals surface area contributed by atoms with Gasteiger partial charge in [-0.3, -0.25) is 19.3 Å². The number of thiazole rings is 1. The highest BCUT2D eigenvalue weighted by atomic mass is 32.2. The minimum absolute atomic E-state index is 0.0709. The van der Waals surface area contributed by atoms with Crippen LogP contribution >= 0.6 is 35.3 Å². The smallest absolute Gasteiger partial charge is 0.314 e. The standard InChI is InChI=1S/C22H27N5O8S3/c1-22(2,3)20(30)35-9-34-19(36)14-10(18-32-5-4-6-33-18)7-37-17-13(16(29)27(14)17)25-15(28)12(26-31)11-8-38-21(23)24-11/h8,13,17-18,31H,4-7,9H2,1-3H3,(H2,23,24)(H,25,28)/b26-12-/t13?,17-/m1/s1. The maximum atomic E-state index is 13.3. The third-order valence-corrected chi connectivity index (χ3v) is 7.95. The van der Waals surface area contributed by atoms with Gasteiger partial charge in [-0.15, -0.1) is 23.1 Å². The van der Waals surface area contributed by atoms with E-state index in [9.17, 15) is 19.6 Å². The lowest BCUT2D eigenvalue weighted by atomic mass is 9.98. The summed E-state index contributed by atoms with van der Waals surface area (Å²) < 4.78 is 22.2. The second-order valence-corrected chi connectivity index (χ2v) is 11.8. The van der Waals surface area contributed by atoms with Crippen molar-refractivity contribution in [1.82, 2.24) is 15.2 Å². The number of thioether (sulfide) groups is 1. The molecule has 2 amide bonds. The van der Waals surface area contributed by atoms with Gasteiger partial charge in [0.1, 0.15) is 22.8 Å². The molecule has 206 valence electrons. The van der Waals surface area contributed by atoms with E-state index >= 15 is 0 Å². The number of thiocarbonyl (C=S) groups is 1. The minimum atomic E-state index is -0.938. The van der Waals surface area contributed by atoms with Crippen LogP contribution in [0.15, 0.2) is 21.8 Å². The van der Waals surface area contributed by atoms with Crippen molar-refractivity contribution in [1.29, 1.82) is 0 Å². The number of fused-ring (bicyclic) bond motifs is 1. The highest BCUT2D eigenvalue weighted by Crippen LogP contribution is 2.42. The monoisotopic (exact) mass is 585 g/mol. The topological polar surface area (TPSA) is 175 Å². The SMILES string of the molecule is CC(C)(C)C(=O)OCOC(=S)C1=C(C2OCCCO2)CS[C@@H]2C(NC(=O)/C(=N\O)c3csc(N)n3)C(=O)N12. The third kappa shape index (κ3) is 5.78. The van der Waals surface area contributed by atoms with Crippen LogP contribution in [0, 0.1) is 5.41 Å². The van der Waals surface area contributed by atoms with Crippen LogP contribution in [0.1, 0.15) is 32.9 Å². The fourth-order valence-corrected chi connectivity index (χ4v) is 5.93. The molecule has 0 aromatic carbocycles. The number of rotatable bonds is 7. The number of anilines is 1. The van der Waals surface area contributed by atoms with Crippen molar-refractivity contribution in [3.05, 3.63) is 22.3 Å². The predicted octanol–water partition coefficient (Wildman–Crippen LogP) is 1.21. The molecule has 2 atom stereocenters. The number of carbonyl (C=O) groups excluding carboxylic acids is 3. The lowest BCUT2D eigenvalue weighted by Gasteiger charge is -2.50. The first kappa shape index (κ1) is 28.2. The fourth-order valence-electron chi connectivity index (χ4n) is 3.74. The van der Waals surface area contributed by atoms with Gasteiger partial charge in [-0.25, -0.2) is 4.98 Å². The molecular formula is C22H27N5O8S3. The maximum Gasteiger partial charge on any atom is 0.314 e. The summed E-state index contributed by atoms with van der Waals surface area (Å²) >= 11 is 7.94. The molecule has 0 saturated carbocycles. The number of amides is 2. The van der Waals surface area contributed by atoms with Gasteiger partial charge in [0.15, 0.2) is 17.1 Å². The first-order valence-corrected chi connectivity index (χ1v) is 13.9. The summed E-state index contributed by atoms with van der Waals surface area (Å²) in [6, 6.07) is -0.938. The molecule has 4 rings (SSSR count). The Bertz CT molecular complexity index is 1190. The average Bonchev–Trinajstić information content (AvgIpc) is 3.32. The summed E-state index contributed by atoms with van der Waals surface area (Å²) in [4.78, 5) is 43.5. The summed E-state index contributed by atoms with van der Waals surface area (Å²) in [5.41, 5.74) is 5.47. The van der Waals surface area contributed by atoms with Gasteiger partial charge in [-0.05, 0) is 39.4 Å². The highest BCUT2D eigenvalue weighted by molar-refractivity contribution is 8.00. The number of ether oxygens (including phenoxy) is 4. The Balaban J connectivity index is 1.51. The molecule has 2 saturated heterocycles. The zero-order valence-corrected chi connectivity index (χ0v) is 23.2. The first-order valence-electron chi connectivity index (χ1n) is 11.5. The Morgan fingerprint density at radius 3 is 2.66 bits per heavy atom. The van der Waals surface area contributed by atoms with Crippen molar-refractivity contribution in [2.45, 2.75) is 44.9 Å². The number of β-lactam (4-membered cyclic amide) rings is 1. The van der Waals surface area contributed by atoms with E-state index in [0.29, 0.717) is 24.5 Å². The van der Waals surface area contributed by atoms with Crippen LogP contribution < -0.4 is 11.1 Å². The van der Waals surface area contributed by atoms with Gasteiger partial charge in [0.25, 0.3) is 11.8 Å². The van der Waals surface area contributed by atoms with Crippen molar-refractivity contribution in [2.24, 2.45) is 10.6 Å². The van der Waals surface area contributed by atoms with E-state index in [1.165, 1.54) is 22.0 Å². The van der Waals surface area contributed by atoms with E-state index in [-0.39, 0.29) is 27.3 Å².